The zero-order chi connectivity index (χ0) is 17.9. The summed E-state index contributed by atoms with van der Waals surface area (Å²) in [7, 11) is 0. The fourth-order valence-electron chi connectivity index (χ4n) is 4.24. The van der Waals surface area contributed by atoms with Crippen molar-refractivity contribution in [3.63, 3.8) is 0 Å². The second-order valence-electron chi connectivity index (χ2n) is 7.36. The van der Waals surface area contributed by atoms with E-state index in [9.17, 15) is 4.79 Å². The molecule has 0 radical (unpaired) electrons. The molecule has 4 rings (SSSR count). The average molecular weight is 450 g/mol. The molecule has 1 amide bonds. The number of amides is 1. The molecule has 1 unspecified atom stereocenters. The zero-order valence-corrected chi connectivity index (χ0v) is 17.8. The van der Waals surface area contributed by atoms with Crippen LogP contribution < -0.4 is 0 Å². The number of hydrogen-bond donors (Lipinski definition) is 0. The molecular weight excluding hydrogens is 424 g/mol. The third-order valence-corrected chi connectivity index (χ3v) is 6.16. The minimum Gasteiger partial charge on any atom is -0.334 e. The number of nitrogens with zero attached hydrogens (tertiary/aromatic N) is 2. The van der Waals surface area contributed by atoms with Crippen molar-refractivity contribution >= 4 is 34.2 Å². The van der Waals surface area contributed by atoms with Gasteiger partial charge < -0.3 is 9.80 Å². The van der Waals surface area contributed by atoms with E-state index in [0.29, 0.717) is 6.42 Å². The number of halogens is 2. The Hall–Kier alpha value is -1.36. The van der Waals surface area contributed by atoms with E-state index in [1.807, 2.05) is 24.3 Å². The second kappa shape index (κ2) is 9.22. The SMILES string of the molecule is Cl.O=C(Cc1ccc(Br)cc1)N1CCc2ccccc2C1CN1CCCC1. The van der Waals surface area contributed by atoms with Crippen LogP contribution >= 0.6 is 28.3 Å². The Morgan fingerprint density at radius 1 is 1.00 bits per heavy atom. The van der Waals surface area contributed by atoms with Crippen molar-refractivity contribution in [2.45, 2.75) is 31.7 Å². The topological polar surface area (TPSA) is 23.6 Å². The molecule has 2 aliphatic heterocycles. The molecule has 1 fully saturated rings. The van der Waals surface area contributed by atoms with Gasteiger partial charge in [0.2, 0.25) is 5.91 Å². The lowest BCUT2D eigenvalue weighted by Gasteiger charge is -2.39. The van der Waals surface area contributed by atoms with Crippen LogP contribution in [0.25, 0.3) is 0 Å². The normalized spacial score (nSPS) is 19.4. The summed E-state index contributed by atoms with van der Waals surface area (Å²) in [5.41, 5.74) is 3.83. The van der Waals surface area contributed by atoms with Crippen molar-refractivity contribution in [1.82, 2.24) is 9.80 Å². The molecule has 27 heavy (non-hydrogen) atoms. The van der Waals surface area contributed by atoms with Crippen molar-refractivity contribution in [3.05, 3.63) is 69.7 Å². The second-order valence-corrected chi connectivity index (χ2v) is 8.28. The van der Waals surface area contributed by atoms with E-state index in [2.05, 4.69) is 50.0 Å². The summed E-state index contributed by atoms with van der Waals surface area (Å²) in [6, 6.07) is 16.9. The molecule has 0 aromatic heterocycles. The van der Waals surface area contributed by atoms with E-state index in [-0.39, 0.29) is 24.4 Å². The minimum atomic E-state index is 0. The number of benzene rings is 2. The standard InChI is InChI=1S/C22H25BrN2O.ClH/c23-19-9-7-17(8-10-19)15-22(26)25-14-11-18-5-1-2-6-20(18)21(25)16-24-12-3-4-13-24;/h1-2,5-10,21H,3-4,11-16H2;1H. The third-order valence-electron chi connectivity index (χ3n) is 5.63. The van der Waals surface area contributed by atoms with Crippen LogP contribution in [0.3, 0.4) is 0 Å². The maximum atomic E-state index is 13.1. The molecule has 0 saturated carbocycles. The molecular formula is C22H26BrClN2O. The molecule has 2 aromatic rings. The Balaban J connectivity index is 0.00000210. The summed E-state index contributed by atoms with van der Waals surface area (Å²) in [4.78, 5) is 17.8. The highest BCUT2D eigenvalue weighted by molar-refractivity contribution is 9.10. The Bertz CT molecular complexity index is 774. The van der Waals surface area contributed by atoms with Gasteiger partial charge in [0.25, 0.3) is 0 Å². The van der Waals surface area contributed by atoms with Gasteiger partial charge in [-0.25, -0.2) is 0 Å². The summed E-state index contributed by atoms with van der Waals surface area (Å²) in [5.74, 6) is 0.242. The lowest BCUT2D eigenvalue weighted by molar-refractivity contribution is -0.133. The highest BCUT2D eigenvalue weighted by Crippen LogP contribution is 2.32. The number of carbonyl (C=O) groups is 1. The van der Waals surface area contributed by atoms with Crippen molar-refractivity contribution < 1.29 is 4.79 Å². The maximum Gasteiger partial charge on any atom is 0.227 e. The first kappa shape index (κ1) is 20.4. The van der Waals surface area contributed by atoms with Gasteiger partial charge in [-0.2, -0.15) is 0 Å². The van der Waals surface area contributed by atoms with E-state index in [1.54, 1.807) is 0 Å². The van der Waals surface area contributed by atoms with Crippen molar-refractivity contribution in [3.8, 4) is 0 Å². The predicted octanol–water partition coefficient (Wildman–Crippen LogP) is 4.64. The van der Waals surface area contributed by atoms with Crippen LogP contribution in [-0.4, -0.2) is 41.9 Å². The van der Waals surface area contributed by atoms with Crippen LogP contribution in [0.1, 0.15) is 35.6 Å². The van der Waals surface area contributed by atoms with Crippen molar-refractivity contribution in [2.75, 3.05) is 26.2 Å². The average Bonchev–Trinajstić information content (AvgIpc) is 3.17. The number of hydrogen-bond acceptors (Lipinski definition) is 2. The van der Waals surface area contributed by atoms with Crippen molar-refractivity contribution in [1.29, 1.82) is 0 Å². The highest BCUT2D eigenvalue weighted by Gasteiger charge is 2.32. The maximum absolute atomic E-state index is 13.1. The molecule has 0 aliphatic carbocycles. The summed E-state index contributed by atoms with van der Waals surface area (Å²) in [6.45, 7) is 4.11. The molecule has 0 bridgehead atoms. The van der Waals surface area contributed by atoms with Crippen LogP contribution in [-0.2, 0) is 17.6 Å². The summed E-state index contributed by atoms with van der Waals surface area (Å²) in [6.07, 6.45) is 3.99. The molecule has 2 aliphatic rings. The van der Waals surface area contributed by atoms with Gasteiger partial charge in [0.05, 0.1) is 12.5 Å². The first-order valence-electron chi connectivity index (χ1n) is 9.55. The Labute approximate surface area is 176 Å². The molecule has 0 spiro atoms. The van der Waals surface area contributed by atoms with E-state index in [0.717, 1.165) is 42.6 Å². The van der Waals surface area contributed by atoms with Crippen molar-refractivity contribution in [2.24, 2.45) is 0 Å². The van der Waals surface area contributed by atoms with Gasteiger partial charge in [0, 0.05) is 17.6 Å². The molecule has 1 saturated heterocycles. The lowest BCUT2D eigenvalue weighted by Crippen LogP contribution is -2.45. The van der Waals surface area contributed by atoms with Gasteiger partial charge in [-0.1, -0.05) is 52.3 Å². The van der Waals surface area contributed by atoms with Crippen LogP contribution in [0.5, 0.6) is 0 Å². The van der Waals surface area contributed by atoms with Gasteiger partial charge in [0.1, 0.15) is 0 Å². The first-order valence-corrected chi connectivity index (χ1v) is 10.3. The Kier molecular flexibility index (Phi) is 6.96. The highest BCUT2D eigenvalue weighted by atomic mass is 79.9. The summed E-state index contributed by atoms with van der Waals surface area (Å²) < 4.78 is 1.05. The smallest absolute Gasteiger partial charge is 0.227 e. The number of carbonyl (C=O) groups excluding carboxylic acids is 1. The quantitative estimate of drug-likeness (QED) is 0.679. The zero-order valence-electron chi connectivity index (χ0n) is 15.4. The molecule has 2 heterocycles. The molecule has 2 aromatic carbocycles. The molecule has 144 valence electrons. The third kappa shape index (κ3) is 4.74. The molecule has 3 nitrogen and oxygen atoms in total. The molecule has 5 heteroatoms. The van der Waals surface area contributed by atoms with E-state index < -0.39 is 0 Å². The van der Waals surface area contributed by atoms with Gasteiger partial charge in [-0.05, 0) is 61.2 Å². The van der Waals surface area contributed by atoms with E-state index in [4.69, 9.17) is 0 Å². The monoisotopic (exact) mass is 448 g/mol. The van der Waals surface area contributed by atoms with Crippen LogP contribution in [0.15, 0.2) is 53.0 Å². The minimum absolute atomic E-state index is 0. The Morgan fingerprint density at radius 2 is 1.70 bits per heavy atom. The van der Waals surface area contributed by atoms with E-state index in [1.165, 1.54) is 24.0 Å². The first-order chi connectivity index (χ1) is 12.7. The molecule has 1 atom stereocenters. The number of fused-ring (bicyclic) bond motifs is 1. The summed E-state index contributed by atoms with van der Waals surface area (Å²) >= 11 is 3.46. The molecule has 0 N–H and O–H groups in total. The van der Waals surface area contributed by atoms with Gasteiger partial charge in [-0.3, -0.25) is 4.79 Å². The number of likely N-dealkylation sites (tertiary alicyclic amines) is 1. The van der Waals surface area contributed by atoms with Crippen LogP contribution in [0.2, 0.25) is 0 Å². The lowest BCUT2D eigenvalue weighted by atomic mass is 9.91. The van der Waals surface area contributed by atoms with Crippen LogP contribution in [0.4, 0.5) is 0 Å². The van der Waals surface area contributed by atoms with Gasteiger partial charge in [-0.15, -0.1) is 12.4 Å². The van der Waals surface area contributed by atoms with Gasteiger partial charge in [0.15, 0.2) is 0 Å². The fourth-order valence-corrected chi connectivity index (χ4v) is 4.50. The van der Waals surface area contributed by atoms with E-state index >= 15 is 0 Å². The number of rotatable bonds is 4. The fraction of sp³-hybridized carbons (Fsp3) is 0.409. The largest absolute Gasteiger partial charge is 0.334 e. The Morgan fingerprint density at radius 3 is 2.44 bits per heavy atom. The van der Waals surface area contributed by atoms with Crippen LogP contribution in [0, 0.1) is 0 Å². The van der Waals surface area contributed by atoms with Gasteiger partial charge >= 0.3 is 0 Å². The summed E-state index contributed by atoms with van der Waals surface area (Å²) in [5, 5.41) is 0. The predicted molar refractivity (Wildman–Crippen MR) is 115 cm³/mol.